The highest BCUT2D eigenvalue weighted by Crippen LogP contribution is 2.31. The van der Waals surface area contributed by atoms with E-state index in [1.165, 1.54) is 18.2 Å². The Labute approximate surface area is 205 Å². The van der Waals surface area contributed by atoms with Gasteiger partial charge in [-0.2, -0.15) is 18.4 Å². The zero-order valence-electron chi connectivity index (χ0n) is 19.4. The lowest BCUT2D eigenvalue weighted by Gasteiger charge is -2.18. The third-order valence-electron chi connectivity index (χ3n) is 5.13. The predicted molar refractivity (Wildman–Crippen MR) is 124 cm³/mol. The number of alkyl halides is 3. The van der Waals surface area contributed by atoms with Gasteiger partial charge in [0.25, 0.3) is 0 Å². The van der Waals surface area contributed by atoms with Crippen LogP contribution in [0.15, 0.2) is 72.8 Å². The second-order valence-electron chi connectivity index (χ2n) is 8.12. The fourth-order valence-electron chi connectivity index (χ4n) is 3.21. The summed E-state index contributed by atoms with van der Waals surface area (Å²) in [6.45, 7) is 3.43. The van der Waals surface area contributed by atoms with Crippen molar-refractivity contribution in [2.45, 2.75) is 26.1 Å². The van der Waals surface area contributed by atoms with E-state index in [1.54, 1.807) is 50.2 Å². The SMILES string of the molecule is CC(C)C(C=Cc1ccc(C(F)(F)F)cc1F)C(=O)OC(C#N)c1cccc(Oc2ccccc2)n1. The third-order valence-corrected chi connectivity index (χ3v) is 5.13. The molecular formula is C27H22F4N2O3. The molecule has 0 aliphatic heterocycles. The minimum Gasteiger partial charge on any atom is -0.440 e. The fourth-order valence-corrected chi connectivity index (χ4v) is 3.21. The number of para-hydroxylation sites is 1. The normalized spacial score (nSPS) is 13.3. The van der Waals surface area contributed by atoms with Crippen molar-refractivity contribution in [3.63, 3.8) is 0 Å². The molecule has 1 aromatic heterocycles. The highest BCUT2D eigenvalue weighted by molar-refractivity contribution is 5.76. The Morgan fingerprint density at radius 3 is 2.39 bits per heavy atom. The maximum atomic E-state index is 14.2. The Kier molecular flexibility index (Phi) is 8.43. The summed E-state index contributed by atoms with van der Waals surface area (Å²) in [6.07, 6.45) is -3.45. The van der Waals surface area contributed by atoms with E-state index < -0.39 is 35.5 Å². The number of nitrogens with zero attached hydrogens (tertiary/aromatic N) is 2. The highest BCUT2D eigenvalue weighted by Gasteiger charge is 2.31. The zero-order valence-corrected chi connectivity index (χ0v) is 19.4. The largest absolute Gasteiger partial charge is 0.440 e. The van der Waals surface area contributed by atoms with Crippen LogP contribution in [0.1, 0.15) is 36.8 Å². The Balaban J connectivity index is 1.75. The molecule has 2 unspecified atom stereocenters. The summed E-state index contributed by atoms with van der Waals surface area (Å²) in [4.78, 5) is 17.1. The summed E-state index contributed by atoms with van der Waals surface area (Å²) in [5.41, 5.74) is -1.08. The lowest BCUT2D eigenvalue weighted by atomic mass is 9.94. The van der Waals surface area contributed by atoms with Gasteiger partial charge in [0.2, 0.25) is 12.0 Å². The minimum atomic E-state index is -4.67. The predicted octanol–water partition coefficient (Wildman–Crippen LogP) is 7.13. The molecule has 3 rings (SSSR count). The lowest BCUT2D eigenvalue weighted by molar-refractivity contribution is -0.151. The van der Waals surface area contributed by atoms with Gasteiger partial charge in [0, 0.05) is 11.6 Å². The van der Waals surface area contributed by atoms with E-state index in [-0.39, 0.29) is 23.1 Å². The maximum Gasteiger partial charge on any atom is 0.416 e. The van der Waals surface area contributed by atoms with E-state index >= 15 is 0 Å². The summed E-state index contributed by atoms with van der Waals surface area (Å²) >= 11 is 0. The van der Waals surface area contributed by atoms with Crippen molar-refractivity contribution < 1.29 is 31.8 Å². The molecule has 0 aliphatic carbocycles. The van der Waals surface area contributed by atoms with Crippen molar-refractivity contribution in [3.8, 4) is 17.7 Å². The molecule has 2 aromatic carbocycles. The maximum absolute atomic E-state index is 14.2. The van der Waals surface area contributed by atoms with Crippen LogP contribution in [0.5, 0.6) is 11.6 Å². The fraction of sp³-hybridized carbons (Fsp3) is 0.222. The lowest BCUT2D eigenvalue weighted by Crippen LogP contribution is -2.23. The summed E-state index contributed by atoms with van der Waals surface area (Å²) in [5, 5.41) is 9.60. The number of nitriles is 1. The molecule has 0 fully saturated rings. The quantitative estimate of drug-likeness (QED) is 0.244. The Hall–Kier alpha value is -4.19. The molecule has 5 nitrogen and oxygen atoms in total. The number of benzene rings is 2. The molecule has 9 heteroatoms. The molecule has 186 valence electrons. The highest BCUT2D eigenvalue weighted by atomic mass is 19.4. The zero-order chi connectivity index (χ0) is 26.3. The van der Waals surface area contributed by atoms with Gasteiger partial charge in [0.1, 0.15) is 17.6 Å². The van der Waals surface area contributed by atoms with Gasteiger partial charge in [-0.3, -0.25) is 4.79 Å². The van der Waals surface area contributed by atoms with Gasteiger partial charge >= 0.3 is 12.1 Å². The smallest absolute Gasteiger partial charge is 0.416 e. The first kappa shape index (κ1) is 26.4. The molecule has 0 spiro atoms. The Morgan fingerprint density at radius 1 is 1.06 bits per heavy atom. The molecule has 0 amide bonds. The summed E-state index contributed by atoms with van der Waals surface area (Å²) in [7, 11) is 0. The van der Waals surface area contributed by atoms with Crippen molar-refractivity contribution in [2.24, 2.45) is 11.8 Å². The molecule has 0 saturated heterocycles. The number of carbonyl (C=O) groups excluding carboxylic acids is 1. The van der Waals surface area contributed by atoms with Gasteiger partial charge in [0.15, 0.2) is 0 Å². The van der Waals surface area contributed by atoms with Crippen molar-refractivity contribution in [1.29, 1.82) is 5.26 Å². The number of rotatable bonds is 8. The van der Waals surface area contributed by atoms with Gasteiger partial charge in [-0.05, 0) is 36.2 Å². The van der Waals surface area contributed by atoms with Crippen LogP contribution in [0.3, 0.4) is 0 Å². The average molecular weight is 498 g/mol. The molecule has 0 bridgehead atoms. The summed E-state index contributed by atoms with van der Waals surface area (Å²) in [5.74, 6) is -2.32. The molecular weight excluding hydrogens is 476 g/mol. The summed E-state index contributed by atoms with van der Waals surface area (Å²) in [6, 6.07) is 17.6. The van der Waals surface area contributed by atoms with Gasteiger partial charge in [-0.15, -0.1) is 0 Å². The average Bonchev–Trinajstić information content (AvgIpc) is 2.83. The molecule has 2 atom stereocenters. The number of carbonyl (C=O) groups is 1. The van der Waals surface area contributed by atoms with Crippen LogP contribution in [0.4, 0.5) is 17.6 Å². The number of hydrogen-bond donors (Lipinski definition) is 0. The van der Waals surface area contributed by atoms with Crippen molar-refractivity contribution >= 4 is 12.0 Å². The Bertz CT molecular complexity index is 1270. The van der Waals surface area contributed by atoms with E-state index in [2.05, 4.69) is 4.98 Å². The van der Waals surface area contributed by atoms with Crippen LogP contribution in [0.25, 0.3) is 6.08 Å². The van der Waals surface area contributed by atoms with Crippen molar-refractivity contribution in [2.75, 3.05) is 0 Å². The topological polar surface area (TPSA) is 72.2 Å². The van der Waals surface area contributed by atoms with E-state index in [0.29, 0.717) is 11.8 Å². The van der Waals surface area contributed by atoms with E-state index in [4.69, 9.17) is 9.47 Å². The molecule has 1 heterocycles. The van der Waals surface area contributed by atoms with Gasteiger partial charge in [-0.25, -0.2) is 9.37 Å². The van der Waals surface area contributed by atoms with Gasteiger partial charge in [-0.1, -0.05) is 56.3 Å². The number of aromatic nitrogens is 1. The second-order valence-corrected chi connectivity index (χ2v) is 8.12. The summed E-state index contributed by atoms with van der Waals surface area (Å²) < 4.78 is 63.5. The number of halogens is 4. The van der Waals surface area contributed by atoms with Gasteiger partial charge < -0.3 is 9.47 Å². The van der Waals surface area contributed by atoms with Gasteiger partial charge in [0.05, 0.1) is 17.2 Å². The van der Waals surface area contributed by atoms with Crippen molar-refractivity contribution in [3.05, 3.63) is 95.4 Å². The van der Waals surface area contributed by atoms with Crippen LogP contribution in [0, 0.1) is 29.0 Å². The molecule has 3 aromatic rings. The van der Waals surface area contributed by atoms with Crippen LogP contribution < -0.4 is 4.74 Å². The number of esters is 1. The molecule has 0 N–H and O–H groups in total. The van der Waals surface area contributed by atoms with E-state index in [0.717, 1.165) is 12.1 Å². The standard InChI is InChI=1S/C27H22F4N2O3/c1-17(2)21(14-12-18-11-13-19(15-22(18)28)27(29,30)31)26(34)36-24(16-32)23-9-6-10-25(33-23)35-20-7-4-3-5-8-20/h3-15,17,21,24H,1-2H3. The van der Waals surface area contributed by atoms with Crippen LogP contribution in [-0.4, -0.2) is 11.0 Å². The third kappa shape index (κ3) is 6.92. The Morgan fingerprint density at radius 2 is 1.78 bits per heavy atom. The minimum absolute atomic E-state index is 0.120. The molecule has 0 saturated carbocycles. The first-order valence-electron chi connectivity index (χ1n) is 10.9. The first-order valence-corrected chi connectivity index (χ1v) is 10.9. The second kappa shape index (κ2) is 11.5. The monoisotopic (exact) mass is 498 g/mol. The van der Waals surface area contributed by atoms with Crippen LogP contribution in [0.2, 0.25) is 0 Å². The molecule has 0 aliphatic rings. The van der Waals surface area contributed by atoms with Crippen molar-refractivity contribution in [1.82, 2.24) is 4.98 Å². The van der Waals surface area contributed by atoms with Crippen LogP contribution in [-0.2, 0) is 15.7 Å². The van der Waals surface area contributed by atoms with E-state index in [1.807, 2.05) is 12.1 Å². The van der Waals surface area contributed by atoms with Crippen LogP contribution >= 0.6 is 0 Å². The number of pyridine rings is 1. The molecule has 36 heavy (non-hydrogen) atoms. The number of ether oxygens (including phenoxy) is 2. The molecule has 0 radical (unpaired) electrons. The number of hydrogen-bond acceptors (Lipinski definition) is 5. The van der Waals surface area contributed by atoms with E-state index in [9.17, 15) is 27.6 Å². The first-order chi connectivity index (χ1) is 17.1.